The van der Waals surface area contributed by atoms with Crippen LogP contribution in [0.4, 0.5) is 5.95 Å². The van der Waals surface area contributed by atoms with Gasteiger partial charge < -0.3 is 15.0 Å². The van der Waals surface area contributed by atoms with E-state index in [0.717, 1.165) is 29.3 Å². The highest BCUT2D eigenvalue weighted by Gasteiger charge is 2.06. The SMILES string of the molecule is COc1cc(Cc2cnc(NCCSCc3cc(CN(C)C)ccn3)[nH]c2=O)ccn1. The van der Waals surface area contributed by atoms with Gasteiger partial charge in [0.25, 0.3) is 5.56 Å². The Morgan fingerprint density at radius 1 is 1.13 bits per heavy atom. The summed E-state index contributed by atoms with van der Waals surface area (Å²) < 4.78 is 5.12. The van der Waals surface area contributed by atoms with Crippen LogP contribution < -0.4 is 15.6 Å². The summed E-state index contributed by atoms with van der Waals surface area (Å²) in [5.41, 5.74) is 3.73. The Morgan fingerprint density at radius 2 is 1.94 bits per heavy atom. The van der Waals surface area contributed by atoms with E-state index >= 15 is 0 Å². The maximum Gasteiger partial charge on any atom is 0.255 e. The van der Waals surface area contributed by atoms with Gasteiger partial charge in [0.05, 0.1) is 12.8 Å². The third-order valence-corrected chi connectivity index (χ3v) is 5.44. The van der Waals surface area contributed by atoms with Gasteiger partial charge in [0.1, 0.15) is 0 Å². The monoisotopic (exact) mass is 440 g/mol. The number of rotatable bonds is 11. The van der Waals surface area contributed by atoms with Gasteiger partial charge in [-0.25, -0.2) is 9.97 Å². The summed E-state index contributed by atoms with van der Waals surface area (Å²) in [5, 5.41) is 3.17. The van der Waals surface area contributed by atoms with Crippen LogP contribution in [0.5, 0.6) is 5.88 Å². The van der Waals surface area contributed by atoms with Gasteiger partial charge in [-0.1, -0.05) is 0 Å². The number of aromatic nitrogens is 4. The first-order chi connectivity index (χ1) is 15.0. The Hall–Kier alpha value is -2.91. The fourth-order valence-corrected chi connectivity index (χ4v) is 3.78. The number of nitrogens with one attached hydrogen (secondary N) is 2. The number of nitrogens with zero attached hydrogens (tertiary/aromatic N) is 4. The molecule has 3 heterocycles. The number of aromatic amines is 1. The fraction of sp³-hybridized carbons (Fsp3) is 0.364. The van der Waals surface area contributed by atoms with Crippen molar-refractivity contribution < 1.29 is 4.74 Å². The smallest absolute Gasteiger partial charge is 0.255 e. The molecule has 0 saturated carbocycles. The van der Waals surface area contributed by atoms with Crippen molar-refractivity contribution in [3.63, 3.8) is 0 Å². The molecule has 0 aliphatic heterocycles. The highest BCUT2D eigenvalue weighted by Crippen LogP contribution is 2.13. The molecular formula is C22H28N6O2S. The molecule has 2 N–H and O–H groups in total. The molecule has 0 saturated heterocycles. The van der Waals surface area contributed by atoms with Crippen LogP contribution in [0.25, 0.3) is 0 Å². The molecule has 0 atom stereocenters. The molecule has 8 nitrogen and oxygen atoms in total. The van der Waals surface area contributed by atoms with Crippen LogP contribution in [0.15, 0.2) is 47.7 Å². The van der Waals surface area contributed by atoms with Gasteiger partial charge >= 0.3 is 0 Å². The highest BCUT2D eigenvalue weighted by molar-refractivity contribution is 7.98. The first-order valence-corrected chi connectivity index (χ1v) is 11.2. The van der Waals surface area contributed by atoms with Gasteiger partial charge in [0, 0.05) is 61.2 Å². The van der Waals surface area contributed by atoms with Crippen LogP contribution in [0.1, 0.15) is 22.4 Å². The summed E-state index contributed by atoms with van der Waals surface area (Å²) in [6.07, 6.45) is 5.61. The Bertz CT molecular complexity index is 1040. The van der Waals surface area contributed by atoms with Gasteiger partial charge in [-0.15, -0.1) is 0 Å². The van der Waals surface area contributed by atoms with E-state index in [-0.39, 0.29) is 5.56 Å². The molecule has 3 rings (SSSR count). The zero-order valence-electron chi connectivity index (χ0n) is 18.1. The summed E-state index contributed by atoms with van der Waals surface area (Å²) in [7, 11) is 5.68. The van der Waals surface area contributed by atoms with Gasteiger partial charge in [-0.05, 0) is 43.4 Å². The molecule has 0 aliphatic rings. The van der Waals surface area contributed by atoms with Gasteiger partial charge in [0.15, 0.2) is 0 Å². The molecule has 0 spiro atoms. The van der Waals surface area contributed by atoms with E-state index in [4.69, 9.17) is 4.74 Å². The second kappa shape index (κ2) is 11.5. The quantitative estimate of drug-likeness (QED) is 0.439. The van der Waals surface area contributed by atoms with E-state index in [9.17, 15) is 4.79 Å². The number of ether oxygens (including phenoxy) is 1. The molecule has 3 aromatic heterocycles. The number of methoxy groups -OCH3 is 1. The van der Waals surface area contributed by atoms with E-state index in [0.29, 0.717) is 30.4 Å². The van der Waals surface area contributed by atoms with Crippen LogP contribution in [0.3, 0.4) is 0 Å². The maximum atomic E-state index is 12.4. The first kappa shape index (κ1) is 22.8. The van der Waals surface area contributed by atoms with Gasteiger partial charge in [0.2, 0.25) is 11.8 Å². The van der Waals surface area contributed by atoms with E-state index in [1.807, 2.05) is 24.4 Å². The maximum absolute atomic E-state index is 12.4. The van der Waals surface area contributed by atoms with Crippen molar-refractivity contribution in [2.24, 2.45) is 0 Å². The lowest BCUT2D eigenvalue weighted by Crippen LogP contribution is -2.18. The standard InChI is InChI=1S/C22H28N6O2S/c1-28(2)14-17-5-6-23-19(11-17)15-31-9-8-25-22-26-13-18(21(29)27-22)10-16-4-7-24-20(12-16)30-3/h4-7,11-13H,8-10,14-15H2,1-3H3,(H2,25,26,27,29). The minimum absolute atomic E-state index is 0.150. The average Bonchev–Trinajstić information content (AvgIpc) is 2.75. The molecule has 164 valence electrons. The van der Waals surface area contributed by atoms with Crippen LogP contribution in [0.2, 0.25) is 0 Å². The van der Waals surface area contributed by atoms with Crippen LogP contribution in [-0.4, -0.2) is 58.3 Å². The van der Waals surface area contributed by atoms with E-state index in [1.165, 1.54) is 5.56 Å². The number of hydrogen-bond acceptors (Lipinski definition) is 8. The summed E-state index contributed by atoms with van der Waals surface area (Å²) in [6, 6.07) is 7.87. The lowest BCUT2D eigenvalue weighted by molar-refractivity contribution is 0.397. The molecule has 0 radical (unpaired) electrons. The van der Waals surface area contributed by atoms with Crippen molar-refractivity contribution in [3.8, 4) is 5.88 Å². The Kier molecular flexibility index (Phi) is 8.43. The van der Waals surface area contributed by atoms with Crippen LogP contribution in [0, 0.1) is 0 Å². The van der Waals surface area contributed by atoms with Crippen molar-refractivity contribution in [1.82, 2.24) is 24.8 Å². The lowest BCUT2D eigenvalue weighted by Gasteiger charge is -2.10. The van der Waals surface area contributed by atoms with Crippen LogP contribution >= 0.6 is 11.8 Å². The Balaban J connectivity index is 1.45. The zero-order chi connectivity index (χ0) is 22.1. The van der Waals surface area contributed by atoms with Crippen LogP contribution in [-0.2, 0) is 18.7 Å². The van der Waals surface area contributed by atoms with Gasteiger partial charge in [-0.2, -0.15) is 11.8 Å². The Labute approximate surface area is 186 Å². The van der Waals surface area contributed by atoms with Crippen molar-refractivity contribution >= 4 is 17.7 Å². The first-order valence-electron chi connectivity index (χ1n) is 10.0. The van der Waals surface area contributed by atoms with E-state index in [1.54, 1.807) is 31.3 Å². The zero-order valence-corrected chi connectivity index (χ0v) is 18.9. The molecule has 0 aromatic carbocycles. The molecule has 3 aromatic rings. The minimum atomic E-state index is -0.150. The molecule has 0 fully saturated rings. The summed E-state index contributed by atoms with van der Waals surface area (Å²) in [6.45, 7) is 1.61. The number of thioether (sulfide) groups is 1. The van der Waals surface area contributed by atoms with Crippen molar-refractivity contribution in [1.29, 1.82) is 0 Å². The number of anilines is 1. The average molecular weight is 441 g/mol. The fourth-order valence-electron chi connectivity index (χ4n) is 3.02. The summed E-state index contributed by atoms with van der Waals surface area (Å²) >= 11 is 1.79. The highest BCUT2D eigenvalue weighted by atomic mass is 32.2. The molecule has 0 bridgehead atoms. The molecular weight excluding hydrogens is 412 g/mol. The van der Waals surface area contributed by atoms with E-state index < -0.39 is 0 Å². The number of pyridine rings is 2. The predicted molar refractivity (Wildman–Crippen MR) is 125 cm³/mol. The second-order valence-electron chi connectivity index (χ2n) is 7.34. The number of H-pyrrole nitrogens is 1. The predicted octanol–water partition coefficient (Wildman–Crippen LogP) is 2.57. The Morgan fingerprint density at radius 3 is 2.71 bits per heavy atom. The molecule has 31 heavy (non-hydrogen) atoms. The van der Waals surface area contributed by atoms with Crippen molar-refractivity contribution in [2.75, 3.05) is 38.8 Å². The van der Waals surface area contributed by atoms with Gasteiger partial charge in [-0.3, -0.25) is 14.8 Å². The number of hydrogen-bond donors (Lipinski definition) is 2. The third-order valence-electron chi connectivity index (χ3n) is 4.44. The summed E-state index contributed by atoms with van der Waals surface area (Å²) in [4.78, 5) is 30.2. The normalized spacial score (nSPS) is 11.0. The summed E-state index contributed by atoms with van der Waals surface area (Å²) in [5.74, 6) is 2.73. The molecule has 0 amide bonds. The largest absolute Gasteiger partial charge is 0.481 e. The molecule has 0 unspecified atom stereocenters. The second-order valence-corrected chi connectivity index (χ2v) is 8.45. The molecule has 0 aliphatic carbocycles. The topological polar surface area (TPSA) is 96.0 Å². The lowest BCUT2D eigenvalue weighted by atomic mass is 10.1. The third kappa shape index (κ3) is 7.37. The minimum Gasteiger partial charge on any atom is -0.481 e. The van der Waals surface area contributed by atoms with Crippen molar-refractivity contribution in [3.05, 3.63) is 75.6 Å². The van der Waals surface area contributed by atoms with Crippen molar-refractivity contribution in [2.45, 2.75) is 18.7 Å². The van der Waals surface area contributed by atoms with E-state index in [2.05, 4.69) is 50.3 Å². The molecule has 9 heteroatoms.